The van der Waals surface area contributed by atoms with Gasteiger partial charge in [-0.05, 0) is 63.1 Å². The first-order valence-corrected chi connectivity index (χ1v) is 6.80. The largest absolute Gasteiger partial charge is 0.303 e. The van der Waals surface area contributed by atoms with Gasteiger partial charge in [-0.1, -0.05) is 27.7 Å². The minimum Gasteiger partial charge on any atom is -0.303 e. The molecule has 0 radical (unpaired) electrons. The molecule has 0 aromatic carbocycles. The summed E-state index contributed by atoms with van der Waals surface area (Å²) in [6.07, 6.45) is 5.69. The molecule has 0 saturated carbocycles. The third-order valence-electron chi connectivity index (χ3n) is 3.53. The third-order valence-corrected chi connectivity index (χ3v) is 3.53. The standard InChI is InChI=1S/C14H29N/c1-12(2)5-8-15-9-6-14(7-10-15)11-13(3)4/h12-14H,5-11H2,1-4H3. The molecular weight excluding hydrogens is 182 g/mol. The molecule has 0 atom stereocenters. The summed E-state index contributed by atoms with van der Waals surface area (Å²) in [7, 11) is 0. The molecular formula is C14H29N. The molecule has 0 amide bonds. The van der Waals surface area contributed by atoms with Crippen LogP contribution in [-0.4, -0.2) is 24.5 Å². The summed E-state index contributed by atoms with van der Waals surface area (Å²) in [6, 6.07) is 0. The van der Waals surface area contributed by atoms with Crippen molar-refractivity contribution < 1.29 is 0 Å². The van der Waals surface area contributed by atoms with E-state index in [0.717, 1.165) is 17.8 Å². The molecule has 1 fully saturated rings. The molecule has 0 aliphatic carbocycles. The van der Waals surface area contributed by atoms with Crippen molar-refractivity contribution in [2.45, 2.75) is 53.4 Å². The van der Waals surface area contributed by atoms with Gasteiger partial charge in [-0.2, -0.15) is 0 Å². The molecule has 0 unspecified atom stereocenters. The number of likely N-dealkylation sites (tertiary alicyclic amines) is 1. The van der Waals surface area contributed by atoms with Crippen LogP contribution < -0.4 is 0 Å². The molecule has 1 heterocycles. The Morgan fingerprint density at radius 2 is 1.60 bits per heavy atom. The Morgan fingerprint density at radius 1 is 1.00 bits per heavy atom. The molecule has 1 aliphatic heterocycles. The molecule has 1 saturated heterocycles. The van der Waals surface area contributed by atoms with E-state index in [9.17, 15) is 0 Å². The van der Waals surface area contributed by atoms with Crippen LogP contribution >= 0.6 is 0 Å². The zero-order chi connectivity index (χ0) is 11.3. The number of piperidine rings is 1. The monoisotopic (exact) mass is 211 g/mol. The van der Waals surface area contributed by atoms with E-state index in [1.54, 1.807) is 0 Å². The molecule has 0 aromatic rings. The fourth-order valence-electron chi connectivity index (χ4n) is 2.55. The van der Waals surface area contributed by atoms with E-state index in [1.807, 2.05) is 0 Å². The quantitative estimate of drug-likeness (QED) is 0.669. The zero-order valence-corrected chi connectivity index (χ0v) is 11.1. The molecule has 1 aliphatic rings. The first-order chi connectivity index (χ1) is 7.08. The summed E-state index contributed by atoms with van der Waals surface area (Å²) in [5, 5.41) is 0. The summed E-state index contributed by atoms with van der Waals surface area (Å²) in [4.78, 5) is 2.66. The minimum absolute atomic E-state index is 0.860. The molecule has 1 heteroatoms. The van der Waals surface area contributed by atoms with Gasteiger partial charge in [0.25, 0.3) is 0 Å². The summed E-state index contributed by atoms with van der Waals surface area (Å²) in [5.41, 5.74) is 0. The normalized spacial score (nSPS) is 20.4. The number of hydrogen-bond donors (Lipinski definition) is 0. The number of nitrogens with zero attached hydrogens (tertiary/aromatic N) is 1. The fourth-order valence-corrected chi connectivity index (χ4v) is 2.55. The molecule has 1 rings (SSSR count). The van der Waals surface area contributed by atoms with Gasteiger partial charge in [-0.3, -0.25) is 0 Å². The van der Waals surface area contributed by atoms with E-state index < -0.39 is 0 Å². The predicted octanol–water partition coefficient (Wildman–Crippen LogP) is 3.79. The van der Waals surface area contributed by atoms with E-state index in [0.29, 0.717) is 0 Å². The predicted molar refractivity (Wildman–Crippen MR) is 68.1 cm³/mol. The van der Waals surface area contributed by atoms with Crippen molar-refractivity contribution in [1.29, 1.82) is 0 Å². The van der Waals surface area contributed by atoms with Crippen molar-refractivity contribution in [1.82, 2.24) is 4.90 Å². The van der Waals surface area contributed by atoms with Crippen LogP contribution in [0.4, 0.5) is 0 Å². The first kappa shape index (κ1) is 13.0. The second kappa shape index (κ2) is 6.52. The second-order valence-corrected chi connectivity index (χ2v) is 6.10. The molecule has 15 heavy (non-hydrogen) atoms. The van der Waals surface area contributed by atoms with Crippen LogP contribution in [-0.2, 0) is 0 Å². The molecule has 0 N–H and O–H groups in total. The maximum atomic E-state index is 2.66. The summed E-state index contributed by atoms with van der Waals surface area (Å²) < 4.78 is 0. The fraction of sp³-hybridized carbons (Fsp3) is 1.00. The smallest absolute Gasteiger partial charge is 0.00161 e. The Kier molecular flexibility index (Phi) is 5.66. The van der Waals surface area contributed by atoms with Gasteiger partial charge in [0.15, 0.2) is 0 Å². The maximum absolute atomic E-state index is 2.66. The minimum atomic E-state index is 0.860. The van der Waals surface area contributed by atoms with Gasteiger partial charge < -0.3 is 4.90 Å². The van der Waals surface area contributed by atoms with Gasteiger partial charge in [0.1, 0.15) is 0 Å². The topological polar surface area (TPSA) is 3.24 Å². The van der Waals surface area contributed by atoms with Gasteiger partial charge in [-0.15, -0.1) is 0 Å². The highest BCUT2D eigenvalue weighted by atomic mass is 15.1. The lowest BCUT2D eigenvalue weighted by molar-refractivity contribution is 0.164. The molecule has 90 valence electrons. The van der Waals surface area contributed by atoms with E-state index in [4.69, 9.17) is 0 Å². The van der Waals surface area contributed by atoms with E-state index in [-0.39, 0.29) is 0 Å². The average molecular weight is 211 g/mol. The van der Waals surface area contributed by atoms with Crippen molar-refractivity contribution in [2.24, 2.45) is 17.8 Å². The van der Waals surface area contributed by atoms with Crippen LogP contribution in [0.15, 0.2) is 0 Å². The highest BCUT2D eigenvalue weighted by Gasteiger charge is 2.19. The Bertz CT molecular complexity index is 155. The Balaban J connectivity index is 2.12. The van der Waals surface area contributed by atoms with E-state index in [1.165, 1.54) is 45.3 Å². The van der Waals surface area contributed by atoms with Crippen molar-refractivity contribution >= 4 is 0 Å². The van der Waals surface area contributed by atoms with E-state index in [2.05, 4.69) is 32.6 Å². The van der Waals surface area contributed by atoms with Gasteiger partial charge in [0.2, 0.25) is 0 Å². The second-order valence-electron chi connectivity index (χ2n) is 6.10. The van der Waals surface area contributed by atoms with Crippen LogP contribution in [0.1, 0.15) is 53.4 Å². The highest BCUT2D eigenvalue weighted by Crippen LogP contribution is 2.24. The summed E-state index contributed by atoms with van der Waals surface area (Å²) >= 11 is 0. The Morgan fingerprint density at radius 3 is 2.07 bits per heavy atom. The Hall–Kier alpha value is -0.0400. The highest BCUT2D eigenvalue weighted by molar-refractivity contribution is 4.73. The van der Waals surface area contributed by atoms with Gasteiger partial charge >= 0.3 is 0 Å². The van der Waals surface area contributed by atoms with Gasteiger partial charge in [0, 0.05) is 0 Å². The molecule has 0 aromatic heterocycles. The Labute approximate surface area is 96.2 Å². The van der Waals surface area contributed by atoms with Crippen LogP contribution in [0.5, 0.6) is 0 Å². The third kappa shape index (κ3) is 5.55. The summed E-state index contributed by atoms with van der Waals surface area (Å²) in [6.45, 7) is 13.4. The van der Waals surface area contributed by atoms with Crippen molar-refractivity contribution in [3.63, 3.8) is 0 Å². The number of rotatable bonds is 5. The maximum Gasteiger partial charge on any atom is -0.00161 e. The molecule has 0 bridgehead atoms. The van der Waals surface area contributed by atoms with Gasteiger partial charge in [0.05, 0.1) is 0 Å². The van der Waals surface area contributed by atoms with Crippen LogP contribution in [0.25, 0.3) is 0 Å². The van der Waals surface area contributed by atoms with Crippen LogP contribution in [0.3, 0.4) is 0 Å². The van der Waals surface area contributed by atoms with Crippen molar-refractivity contribution in [2.75, 3.05) is 19.6 Å². The number of hydrogen-bond acceptors (Lipinski definition) is 1. The van der Waals surface area contributed by atoms with Crippen LogP contribution in [0.2, 0.25) is 0 Å². The average Bonchev–Trinajstić information content (AvgIpc) is 2.16. The SMILES string of the molecule is CC(C)CCN1CCC(CC(C)C)CC1. The zero-order valence-electron chi connectivity index (χ0n) is 11.1. The van der Waals surface area contributed by atoms with Gasteiger partial charge in [-0.25, -0.2) is 0 Å². The van der Waals surface area contributed by atoms with Crippen molar-refractivity contribution in [3.05, 3.63) is 0 Å². The first-order valence-electron chi connectivity index (χ1n) is 6.80. The lowest BCUT2D eigenvalue weighted by Gasteiger charge is -2.33. The lowest BCUT2D eigenvalue weighted by Crippen LogP contribution is -2.35. The van der Waals surface area contributed by atoms with Crippen molar-refractivity contribution in [3.8, 4) is 0 Å². The molecule has 0 spiro atoms. The summed E-state index contributed by atoms with van der Waals surface area (Å²) in [5.74, 6) is 2.76. The van der Waals surface area contributed by atoms with Crippen LogP contribution in [0, 0.1) is 17.8 Å². The molecule has 1 nitrogen and oxygen atoms in total. The lowest BCUT2D eigenvalue weighted by atomic mass is 9.88. The van der Waals surface area contributed by atoms with E-state index >= 15 is 0 Å².